The molecule has 1 fully saturated rings. The molecule has 10 nitrogen and oxygen atoms in total. The molecule has 1 amide bonds. The fourth-order valence-corrected chi connectivity index (χ4v) is 4.43. The maximum absolute atomic E-state index is 12.8. The molecule has 0 bridgehead atoms. The minimum absolute atomic E-state index is 0.0589. The zero-order chi connectivity index (χ0) is 23.9. The van der Waals surface area contributed by atoms with Crippen LogP contribution in [-0.4, -0.2) is 73.7 Å². The molecule has 2 aromatic carbocycles. The number of carboxylic acids is 1. The maximum Gasteiger partial charge on any atom is 0.300 e. The highest BCUT2D eigenvalue weighted by molar-refractivity contribution is 7.89. The van der Waals surface area contributed by atoms with Crippen LogP contribution < -0.4 is 10.5 Å². The van der Waals surface area contributed by atoms with Crippen molar-refractivity contribution in [1.29, 1.82) is 5.41 Å². The van der Waals surface area contributed by atoms with Crippen LogP contribution in [0.15, 0.2) is 53.4 Å². The predicted octanol–water partition coefficient (Wildman–Crippen LogP) is 1.22. The summed E-state index contributed by atoms with van der Waals surface area (Å²) in [6.07, 6.45) is 0. The van der Waals surface area contributed by atoms with Gasteiger partial charge in [0.05, 0.1) is 12.0 Å². The van der Waals surface area contributed by atoms with Crippen LogP contribution in [0.2, 0.25) is 0 Å². The maximum atomic E-state index is 12.8. The number of piperazine rings is 1. The second-order valence-electron chi connectivity index (χ2n) is 6.88. The molecule has 0 spiro atoms. The zero-order valence-corrected chi connectivity index (χ0v) is 18.6. The summed E-state index contributed by atoms with van der Waals surface area (Å²) in [6, 6.07) is 12.7. The predicted molar refractivity (Wildman–Crippen MR) is 118 cm³/mol. The summed E-state index contributed by atoms with van der Waals surface area (Å²) in [6.45, 7) is 2.16. The number of hydrogen-bond acceptors (Lipinski definition) is 6. The molecule has 0 aliphatic carbocycles. The van der Waals surface area contributed by atoms with Crippen molar-refractivity contribution in [2.45, 2.75) is 11.8 Å². The number of rotatable bonds is 5. The van der Waals surface area contributed by atoms with Gasteiger partial charge in [-0.05, 0) is 36.4 Å². The van der Waals surface area contributed by atoms with Crippen molar-refractivity contribution in [2.24, 2.45) is 5.73 Å². The summed E-state index contributed by atoms with van der Waals surface area (Å²) in [5, 5.41) is 14.8. The Morgan fingerprint density at radius 3 is 1.88 bits per heavy atom. The molecule has 4 N–H and O–H groups in total. The van der Waals surface area contributed by atoms with Crippen molar-refractivity contribution in [1.82, 2.24) is 9.21 Å². The van der Waals surface area contributed by atoms with E-state index in [4.69, 9.17) is 25.8 Å². The van der Waals surface area contributed by atoms with Crippen LogP contribution in [0, 0.1) is 5.41 Å². The topological polar surface area (TPSA) is 154 Å². The monoisotopic (exact) mass is 462 g/mol. The average Bonchev–Trinajstić information content (AvgIpc) is 2.78. The Bertz CT molecular complexity index is 1060. The largest absolute Gasteiger partial charge is 0.497 e. The Balaban J connectivity index is 0.000000837. The molecule has 1 aliphatic rings. The number of nitrogen functional groups attached to an aromatic ring is 1. The van der Waals surface area contributed by atoms with Gasteiger partial charge in [-0.15, -0.1) is 0 Å². The zero-order valence-electron chi connectivity index (χ0n) is 17.8. The summed E-state index contributed by atoms with van der Waals surface area (Å²) >= 11 is 0. The molecule has 0 radical (unpaired) electrons. The molecule has 0 atom stereocenters. The van der Waals surface area contributed by atoms with Gasteiger partial charge in [-0.1, -0.05) is 12.1 Å². The number of amides is 1. The number of carboxylic acid groups (broad SMARTS) is 1. The van der Waals surface area contributed by atoms with Gasteiger partial charge in [-0.25, -0.2) is 8.42 Å². The lowest BCUT2D eigenvalue weighted by molar-refractivity contribution is -0.134. The first-order valence-electron chi connectivity index (χ1n) is 9.63. The van der Waals surface area contributed by atoms with Gasteiger partial charge < -0.3 is 20.5 Å². The van der Waals surface area contributed by atoms with E-state index in [1.54, 1.807) is 41.3 Å². The van der Waals surface area contributed by atoms with E-state index >= 15 is 0 Å². The number of methoxy groups -OCH3 is 1. The number of benzene rings is 2. The number of sulfonamides is 1. The van der Waals surface area contributed by atoms with Crippen molar-refractivity contribution in [2.75, 3.05) is 33.3 Å². The third-order valence-corrected chi connectivity index (χ3v) is 6.58. The lowest BCUT2D eigenvalue weighted by Crippen LogP contribution is -2.50. The van der Waals surface area contributed by atoms with Gasteiger partial charge in [-0.3, -0.25) is 15.0 Å². The van der Waals surface area contributed by atoms with E-state index < -0.39 is 16.0 Å². The van der Waals surface area contributed by atoms with Crippen molar-refractivity contribution >= 4 is 27.7 Å². The van der Waals surface area contributed by atoms with Crippen LogP contribution in [-0.2, 0) is 14.8 Å². The number of carbonyl (C=O) groups is 2. The number of carbonyl (C=O) groups excluding carboxylic acids is 1. The third-order valence-electron chi connectivity index (χ3n) is 4.67. The first-order valence-corrected chi connectivity index (χ1v) is 11.1. The summed E-state index contributed by atoms with van der Waals surface area (Å²) in [5.74, 6) is -0.474. The van der Waals surface area contributed by atoms with Crippen LogP contribution in [0.25, 0.3) is 0 Å². The quantitative estimate of drug-likeness (QED) is 0.446. The van der Waals surface area contributed by atoms with Crippen molar-refractivity contribution in [3.8, 4) is 5.75 Å². The molecular formula is C21H26N4O6S. The molecule has 0 saturated carbocycles. The number of nitrogens with two attached hydrogens (primary N) is 1. The molecule has 0 unspecified atom stereocenters. The van der Waals surface area contributed by atoms with E-state index in [2.05, 4.69) is 0 Å². The first kappa shape index (κ1) is 24.8. The molecular weight excluding hydrogens is 436 g/mol. The summed E-state index contributed by atoms with van der Waals surface area (Å²) in [7, 11) is -2.09. The summed E-state index contributed by atoms with van der Waals surface area (Å²) < 4.78 is 32.0. The first-order chi connectivity index (χ1) is 15.1. The van der Waals surface area contributed by atoms with Crippen LogP contribution in [0.1, 0.15) is 22.8 Å². The molecule has 11 heteroatoms. The van der Waals surface area contributed by atoms with E-state index in [-0.39, 0.29) is 29.7 Å². The van der Waals surface area contributed by atoms with Gasteiger partial charge in [-0.2, -0.15) is 4.31 Å². The lowest BCUT2D eigenvalue weighted by atomic mass is 10.1. The highest BCUT2D eigenvalue weighted by atomic mass is 32.2. The van der Waals surface area contributed by atoms with Gasteiger partial charge >= 0.3 is 0 Å². The Morgan fingerprint density at radius 1 is 0.969 bits per heavy atom. The second-order valence-corrected chi connectivity index (χ2v) is 8.82. The molecule has 1 saturated heterocycles. The van der Waals surface area contributed by atoms with Crippen LogP contribution in [0.5, 0.6) is 5.75 Å². The Labute approximate surface area is 186 Å². The van der Waals surface area contributed by atoms with Gasteiger partial charge in [0.25, 0.3) is 11.9 Å². The highest BCUT2D eigenvalue weighted by Crippen LogP contribution is 2.21. The number of nitrogens with one attached hydrogen (secondary N) is 1. The molecule has 2 aromatic rings. The fraction of sp³-hybridized carbons (Fsp3) is 0.286. The normalized spacial score (nSPS) is 14.1. The minimum atomic E-state index is -3.61. The second kappa shape index (κ2) is 10.7. The van der Waals surface area contributed by atoms with E-state index in [1.807, 2.05) is 0 Å². The van der Waals surface area contributed by atoms with Gasteiger partial charge in [0.2, 0.25) is 10.0 Å². The SMILES string of the molecule is CC(=O)O.COc1ccc(S(=O)(=O)N2CCN(C(=O)c3ccc(C(=N)N)cc3)CC2)cc1. The minimum Gasteiger partial charge on any atom is -0.497 e. The van der Waals surface area contributed by atoms with Gasteiger partial charge in [0.15, 0.2) is 0 Å². The molecule has 0 aromatic heterocycles. The number of amidine groups is 1. The fourth-order valence-electron chi connectivity index (χ4n) is 3.00. The van der Waals surface area contributed by atoms with Crippen LogP contribution >= 0.6 is 0 Å². The van der Waals surface area contributed by atoms with Crippen LogP contribution in [0.3, 0.4) is 0 Å². The average molecular weight is 463 g/mol. The third kappa shape index (κ3) is 6.28. The number of aliphatic carboxylic acids is 1. The van der Waals surface area contributed by atoms with Crippen molar-refractivity contribution < 1.29 is 27.9 Å². The smallest absolute Gasteiger partial charge is 0.300 e. The number of hydrogen-bond donors (Lipinski definition) is 3. The lowest BCUT2D eigenvalue weighted by Gasteiger charge is -2.34. The highest BCUT2D eigenvalue weighted by Gasteiger charge is 2.30. The Morgan fingerprint density at radius 2 is 1.44 bits per heavy atom. The number of nitrogens with zero attached hydrogens (tertiary/aromatic N) is 2. The molecule has 1 aliphatic heterocycles. The Kier molecular flexibility index (Phi) is 8.33. The van der Waals surface area contributed by atoms with E-state index in [9.17, 15) is 13.2 Å². The standard InChI is InChI=1S/C19H22N4O4S.C2H4O2/c1-27-16-6-8-17(9-7-16)28(25,26)23-12-10-22(11-13-23)19(24)15-4-2-14(3-5-15)18(20)21;1-2(3)4/h2-9H,10-13H2,1H3,(H3,20,21);1H3,(H,3,4). The molecule has 3 rings (SSSR count). The molecule has 1 heterocycles. The van der Waals surface area contributed by atoms with Crippen molar-refractivity contribution in [3.63, 3.8) is 0 Å². The van der Waals surface area contributed by atoms with E-state index in [1.165, 1.54) is 23.5 Å². The number of ether oxygens (including phenoxy) is 1. The van der Waals surface area contributed by atoms with Crippen molar-refractivity contribution in [3.05, 3.63) is 59.7 Å². The van der Waals surface area contributed by atoms with E-state index in [0.717, 1.165) is 6.92 Å². The summed E-state index contributed by atoms with van der Waals surface area (Å²) in [5.41, 5.74) is 6.45. The Hall–Kier alpha value is -3.44. The van der Waals surface area contributed by atoms with Gasteiger partial charge in [0.1, 0.15) is 11.6 Å². The van der Waals surface area contributed by atoms with Gasteiger partial charge in [0, 0.05) is 44.2 Å². The molecule has 172 valence electrons. The van der Waals surface area contributed by atoms with Crippen LogP contribution in [0.4, 0.5) is 0 Å². The summed E-state index contributed by atoms with van der Waals surface area (Å²) in [4.78, 5) is 23.5. The van der Waals surface area contributed by atoms with E-state index in [0.29, 0.717) is 30.0 Å². The molecule has 32 heavy (non-hydrogen) atoms.